The quantitative estimate of drug-likeness (QED) is 0.801. The summed E-state index contributed by atoms with van der Waals surface area (Å²) in [6.45, 7) is 5.18. The van der Waals surface area contributed by atoms with Gasteiger partial charge < -0.3 is 5.11 Å². The second kappa shape index (κ2) is 5.05. The highest BCUT2D eigenvalue weighted by Crippen LogP contribution is 2.30. The van der Waals surface area contributed by atoms with E-state index in [9.17, 15) is 0 Å². The van der Waals surface area contributed by atoms with Gasteiger partial charge in [0.05, 0.1) is 17.8 Å². The average Bonchev–Trinajstić information content (AvgIpc) is 2.92. The van der Waals surface area contributed by atoms with Crippen LogP contribution in [0.1, 0.15) is 23.4 Å². The van der Waals surface area contributed by atoms with Crippen molar-refractivity contribution in [3.63, 3.8) is 0 Å². The number of aliphatic hydroxyl groups excluding tert-OH is 1. The molecular weight excluding hydrogens is 208 g/mol. The summed E-state index contributed by atoms with van der Waals surface area (Å²) in [7, 11) is 0. The molecule has 0 aromatic carbocycles. The molecule has 0 atom stereocenters. The topological polar surface area (TPSA) is 36.4 Å². The van der Waals surface area contributed by atoms with Crippen LogP contribution in [0.3, 0.4) is 0 Å². The van der Waals surface area contributed by atoms with E-state index in [1.54, 1.807) is 11.3 Å². The van der Waals surface area contributed by atoms with Gasteiger partial charge in [0.25, 0.3) is 0 Å². The fourth-order valence-corrected chi connectivity index (χ4v) is 2.54. The van der Waals surface area contributed by atoms with Gasteiger partial charge in [-0.1, -0.05) is 0 Å². The maximum absolute atomic E-state index is 9.01. The maximum atomic E-state index is 9.01. The second-order valence-electron chi connectivity index (χ2n) is 4.26. The number of aryl methyl sites for hydroxylation is 1. The number of rotatable bonds is 6. The minimum Gasteiger partial charge on any atom is -0.395 e. The van der Waals surface area contributed by atoms with Gasteiger partial charge in [0.1, 0.15) is 0 Å². The van der Waals surface area contributed by atoms with Crippen LogP contribution in [0.5, 0.6) is 0 Å². The minimum absolute atomic E-state index is 0.255. The Kier molecular flexibility index (Phi) is 3.72. The van der Waals surface area contributed by atoms with Crippen molar-refractivity contribution in [2.45, 2.75) is 26.3 Å². The van der Waals surface area contributed by atoms with Crippen LogP contribution >= 0.6 is 11.3 Å². The van der Waals surface area contributed by atoms with Crippen LogP contribution in [0.4, 0.5) is 0 Å². The number of thiazole rings is 1. The van der Waals surface area contributed by atoms with E-state index in [2.05, 4.69) is 16.8 Å². The van der Waals surface area contributed by atoms with Crippen molar-refractivity contribution in [2.75, 3.05) is 19.7 Å². The molecule has 0 radical (unpaired) electrons. The molecule has 84 valence electrons. The molecule has 1 heterocycles. The number of aliphatic hydroxyl groups is 1. The number of aromatic nitrogens is 1. The Labute approximate surface area is 94.8 Å². The molecule has 0 spiro atoms. The zero-order valence-corrected chi connectivity index (χ0v) is 9.96. The summed E-state index contributed by atoms with van der Waals surface area (Å²) < 4.78 is 0. The van der Waals surface area contributed by atoms with Crippen molar-refractivity contribution in [3.05, 3.63) is 16.1 Å². The van der Waals surface area contributed by atoms with Crippen LogP contribution in [0.2, 0.25) is 0 Å². The van der Waals surface area contributed by atoms with Crippen LogP contribution in [0, 0.1) is 12.8 Å². The Morgan fingerprint density at radius 3 is 2.93 bits per heavy atom. The Hall–Kier alpha value is -0.450. The predicted octanol–water partition coefficient (Wildman–Crippen LogP) is 1.66. The normalized spacial score (nSPS) is 16.2. The molecule has 2 rings (SSSR count). The molecule has 1 aromatic heterocycles. The Balaban J connectivity index is 1.89. The third-order valence-electron chi connectivity index (χ3n) is 2.84. The van der Waals surface area contributed by atoms with E-state index < -0.39 is 0 Å². The highest BCUT2D eigenvalue weighted by molar-refractivity contribution is 7.09. The molecule has 1 aliphatic rings. The van der Waals surface area contributed by atoms with Crippen LogP contribution in [0.25, 0.3) is 0 Å². The zero-order chi connectivity index (χ0) is 10.7. The molecule has 3 nitrogen and oxygen atoms in total. The smallest absolute Gasteiger partial charge is 0.0798 e. The SMILES string of the molecule is Cc1ncsc1CN(CCO)CC1CC1. The first kappa shape index (κ1) is 11.0. The monoisotopic (exact) mass is 226 g/mol. The summed E-state index contributed by atoms with van der Waals surface area (Å²) in [6, 6.07) is 0. The van der Waals surface area contributed by atoms with Crippen molar-refractivity contribution < 1.29 is 5.11 Å². The average molecular weight is 226 g/mol. The van der Waals surface area contributed by atoms with Crippen molar-refractivity contribution in [3.8, 4) is 0 Å². The third kappa shape index (κ3) is 3.26. The summed E-state index contributed by atoms with van der Waals surface area (Å²) in [5.74, 6) is 0.879. The number of nitrogens with zero attached hydrogens (tertiary/aromatic N) is 2. The lowest BCUT2D eigenvalue weighted by Crippen LogP contribution is -2.28. The highest BCUT2D eigenvalue weighted by Gasteiger charge is 2.24. The number of hydrogen-bond donors (Lipinski definition) is 1. The van der Waals surface area contributed by atoms with E-state index in [0.29, 0.717) is 0 Å². The molecule has 0 unspecified atom stereocenters. The first-order chi connectivity index (χ1) is 7.29. The molecule has 0 saturated heterocycles. The Bertz CT molecular complexity index is 309. The van der Waals surface area contributed by atoms with Crippen LogP contribution in [-0.2, 0) is 6.54 Å². The van der Waals surface area contributed by atoms with Crippen molar-refractivity contribution >= 4 is 11.3 Å². The molecule has 1 fully saturated rings. The van der Waals surface area contributed by atoms with Gasteiger partial charge in [-0.2, -0.15) is 0 Å². The molecule has 4 heteroatoms. The molecule has 0 bridgehead atoms. The number of hydrogen-bond acceptors (Lipinski definition) is 4. The minimum atomic E-state index is 0.255. The lowest BCUT2D eigenvalue weighted by Gasteiger charge is -2.20. The zero-order valence-electron chi connectivity index (χ0n) is 9.15. The summed E-state index contributed by atoms with van der Waals surface area (Å²) in [4.78, 5) is 7.94. The largest absolute Gasteiger partial charge is 0.395 e. The molecule has 1 N–H and O–H groups in total. The molecule has 0 amide bonds. The van der Waals surface area contributed by atoms with Gasteiger partial charge in [0.15, 0.2) is 0 Å². The molecule has 0 aliphatic heterocycles. The standard InChI is InChI=1S/C11H18N2OS/c1-9-11(15-8-12-9)7-13(4-5-14)6-10-2-3-10/h8,10,14H,2-7H2,1H3. The fourth-order valence-electron chi connectivity index (χ4n) is 1.72. The fraction of sp³-hybridized carbons (Fsp3) is 0.727. The molecular formula is C11H18N2OS. The van der Waals surface area contributed by atoms with Gasteiger partial charge >= 0.3 is 0 Å². The van der Waals surface area contributed by atoms with E-state index in [1.807, 2.05) is 5.51 Å². The van der Waals surface area contributed by atoms with Crippen LogP contribution in [-0.4, -0.2) is 34.7 Å². The first-order valence-electron chi connectivity index (χ1n) is 5.51. The highest BCUT2D eigenvalue weighted by atomic mass is 32.1. The van der Waals surface area contributed by atoms with E-state index >= 15 is 0 Å². The third-order valence-corrected chi connectivity index (χ3v) is 3.76. The maximum Gasteiger partial charge on any atom is 0.0798 e. The van der Waals surface area contributed by atoms with Crippen molar-refractivity contribution in [1.82, 2.24) is 9.88 Å². The summed E-state index contributed by atoms with van der Waals surface area (Å²) >= 11 is 1.72. The first-order valence-corrected chi connectivity index (χ1v) is 6.39. The van der Waals surface area contributed by atoms with Crippen molar-refractivity contribution in [2.24, 2.45) is 5.92 Å². The Morgan fingerprint density at radius 2 is 2.40 bits per heavy atom. The van der Waals surface area contributed by atoms with Gasteiger partial charge in [-0.25, -0.2) is 4.98 Å². The van der Waals surface area contributed by atoms with E-state index in [4.69, 9.17) is 5.11 Å². The van der Waals surface area contributed by atoms with Crippen molar-refractivity contribution in [1.29, 1.82) is 0 Å². The van der Waals surface area contributed by atoms with Gasteiger partial charge in [0.2, 0.25) is 0 Å². The van der Waals surface area contributed by atoms with Gasteiger partial charge in [-0.3, -0.25) is 4.90 Å². The van der Waals surface area contributed by atoms with Gasteiger partial charge in [-0.15, -0.1) is 11.3 Å². The van der Waals surface area contributed by atoms with Gasteiger partial charge in [0, 0.05) is 24.5 Å². The van der Waals surface area contributed by atoms with E-state index in [1.165, 1.54) is 17.7 Å². The predicted molar refractivity (Wildman–Crippen MR) is 61.9 cm³/mol. The molecule has 1 aliphatic carbocycles. The molecule has 1 aromatic rings. The Morgan fingerprint density at radius 1 is 1.60 bits per heavy atom. The second-order valence-corrected chi connectivity index (χ2v) is 5.20. The van der Waals surface area contributed by atoms with Crippen LogP contribution in [0.15, 0.2) is 5.51 Å². The summed E-state index contributed by atoms with van der Waals surface area (Å²) in [6.07, 6.45) is 2.73. The lowest BCUT2D eigenvalue weighted by atomic mass is 10.3. The van der Waals surface area contributed by atoms with Crippen LogP contribution < -0.4 is 0 Å². The molecule has 1 saturated carbocycles. The van der Waals surface area contributed by atoms with Gasteiger partial charge in [-0.05, 0) is 25.7 Å². The lowest BCUT2D eigenvalue weighted by molar-refractivity contribution is 0.185. The molecule has 15 heavy (non-hydrogen) atoms. The van der Waals surface area contributed by atoms with E-state index in [0.717, 1.165) is 31.2 Å². The van der Waals surface area contributed by atoms with E-state index in [-0.39, 0.29) is 6.61 Å². The summed E-state index contributed by atoms with van der Waals surface area (Å²) in [5, 5.41) is 9.01. The summed E-state index contributed by atoms with van der Waals surface area (Å²) in [5.41, 5.74) is 3.04.